The van der Waals surface area contributed by atoms with Gasteiger partial charge in [-0.1, -0.05) is 15.9 Å². The highest BCUT2D eigenvalue weighted by molar-refractivity contribution is 9.10. The van der Waals surface area contributed by atoms with E-state index in [4.69, 9.17) is 9.15 Å². The number of thioether (sulfide) groups is 1. The Morgan fingerprint density at radius 1 is 1.04 bits per heavy atom. The van der Waals surface area contributed by atoms with Crippen LogP contribution in [-0.2, 0) is 0 Å². The van der Waals surface area contributed by atoms with Crippen LogP contribution >= 0.6 is 27.7 Å². The molecule has 4 nitrogen and oxygen atoms in total. The third-order valence-electron chi connectivity index (χ3n) is 3.25. The fourth-order valence-electron chi connectivity index (χ4n) is 2.02. The number of rotatable bonds is 5. The van der Waals surface area contributed by atoms with E-state index in [9.17, 15) is 0 Å². The van der Waals surface area contributed by atoms with Gasteiger partial charge in [-0.15, -0.1) is 22.0 Å². The van der Waals surface area contributed by atoms with Gasteiger partial charge in [0.15, 0.2) is 0 Å². The molecule has 0 aliphatic carbocycles. The van der Waals surface area contributed by atoms with Crippen molar-refractivity contribution in [1.29, 1.82) is 0 Å². The summed E-state index contributed by atoms with van der Waals surface area (Å²) in [5.74, 6) is 1.93. The standard InChI is InChI=1S/C17H15BrN2O2S/c1-11(23-15-9-5-13(18)6-10-15)16-19-20-17(22-16)12-3-7-14(21-2)8-4-12/h3-11H,1-2H3. The molecule has 0 amide bonds. The minimum Gasteiger partial charge on any atom is -0.497 e. The SMILES string of the molecule is COc1ccc(-c2nnc(C(C)Sc3ccc(Br)cc3)o2)cc1. The molecule has 0 bridgehead atoms. The zero-order valence-electron chi connectivity index (χ0n) is 12.7. The summed E-state index contributed by atoms with van der Waals surface area (Å²) in [6.07, 6.45) is 0. The second-order valence-electron chi connectivity index (χ2n) is 4.89. The van der Waals surface area contributed by atoms with Gasteiger partial charge in [0.05, 0.1) is 12.4 Å². The van der Waals surface area contributed by atoms with Gasteiger partial charge in [-0.25, -0.2) is 0 Å². The smallest absolute Gasteiger partial charge is 0.247 e. The average molecular weight is 391 g/mol. The van der Waals surface area contributed by atoms with E-state index in [1.165, 1.54) is 0 Å². The Labute approximate surface area is 147 Å². The topological polar surface area (TPSA) is 48.2 Å². The Balaban J connectivity index is 1.73. The first-order chi connectivity index (χ1) is 11.2. The molecular weight excluding hydrogens is 376 g/mol. The molecule has 0 radical (unpaired) electrons. The lowest BCUT2D eigenvalue weighted by Crippen LogP contribution is -1.88. The number of benzene rings is 2. The van der Waals surface area contributed by atoms with Crippen LogP contribution in [0.25, 0.3) is 11.5 Å². The van der Waals surface area contributed by atoms with Crippen molar-refractivity contribution in [3.8, 4) is 17.2 Å². The molecule has 2 aromatic carbocycles. The van der Waals surface area contributed by atoms with Crippen molar-refractivity contribution in [2.24, 2.45) is 0 Å². The Morgan fingerprint density at radius 3 is 2.39 bits per heavy atom. The van der Waals surface area contributed by atoms with Crippen molar-refractivity contribution in [2.45, 2.75) is 17.1 Å². The molecule has 1 unspecified atom stereocenters. The molecule has 0 saturated heterocycles. The number of hydrogen-bond donors (Lipinski definition) is 0. The molecule has 0 aliphatic heterocycles. The lowest BCUT2D eigenvalue weighted by molar-refractivity contribution is 0.415. The fraction of sp³-hybridized carbons (Fsp3) is 0.176. The molecule has 118 valence electrons. The summed E-state index contributed by atoms with van der Waals surface area (Å²) in [5, 5.41) is 8.39. The minimum atomic E-state index is 0.0793. The van der Waals surface area contributed by atoms with Gasteiger partial charge in [0.25, 0.3) is 0 Å². The van der Waals surface area contributed by atoms with Gasteiger partial charge >= 0.3 is 0 Å². The molecule has 1 heterocycles. The van der Waals surface area contributed by atoms with Crippen LogP contribution < -0.4 is 4.74 Å². The van der Waals surface area contributed by atoms with Crippen LogP contribution in [0.4, 0.5) is 0 Å². The maximum Gasteiger partial charge on any atom is 0.247 e. The van der Waals surface area contributed by atoms with Crippen molar-refractivity contribution in [1.82, 2.24) is 10.2 Å². The molecule has 3 aromatic rings. The van der Waals surface area contributed by atoms with Crippen molar-refractivity contribution in [2.75, 3.05) is 7.11 Å². The lowest BCUT2D eigenvalue weighted by atomic mass is 10.2. The predicted molar refractivity (Wildman–Crippen MR) is 94.7 cm³/mol. The van der Waals surface area contributed by atoms with Gasteiger partial charge in [-0.05, 0) is 55.5 Å². The highest BCUT2D eigenvalue weighted by Crippen LogP contribution is 2.35. The van der Waals surface area contributed by atoms with E-state index in [2.05, 4.69) is 45.2 Å². The maximum atomic E-state index is 5.81. The van der Waals surface area contributed by atoms with Crippen LogP contribution in [0.1, 0.15) is 18.1 Å². The third-order valence-corrected chi connectivity index (χ3v) is 4.88. The monoisotopic (exact) mass is 390 g/mol. The van der Waals surface area contributed by atoms with E-state index in [0.717, 1.165) is 20.7 Å². The second-order valence-corrected chi connectivity index (χ2v) is 7.22. The number of hydrogen-bond acceptors (Lipinski definition) is 5. The summed E-state index contributed by atoms with van der Waals surface area (Å²) < 4.78 is 12.0. The third kappa shape index (κ3) is 3.95. The molecule has 0 aliphatic rings. The van der Waals surface area contributed by atoms with Gasteiger partial charge < -0.3 is 9.15 Å². The number of halogens is 1. The largest absolute Gasteiger partial charge is 0.497 e. The summed E-state index contributed by atoms with van der Waals surface area (Å²) >= 11 is 5.12. The zero-order valence-corrected chi connectivity index (χ0v) is 15.1. The summed E-state index contributed by atoms with van der Waals surface area (Å²) in [7, 11) is 1.64. The minimum absolute atomic E-state index is 0.0793. The maximum absolute atomic E-state index is 5.81. The Bertz CT molecular complexity index is 772. The molecular formula is C17H15BrN2O2S. The fourth-order valence-corrected chi connectivity index (χ4v) is 3.18. The van der Waals surface area contributed by atoms with Gasteiger partial charge in [-0.2, -0.15) is 0 Å². The molecule has 1 aromatic heterocycles. The van der Waals surface area contributed by atoms with Gasteiger partial charge in [0.1, 0.15) is 5.75 Å². The molecule has 6 heteroatoms. The van der Waals surface area contributed by atoms with E-state index in [-0.39, 0.29) is 5.25 Å². The molecule has 0 N–H and O–H groups in total. The van der Waals surface area contributed by atoms with E-state index < -0.39 is 0 Å². The molecule has 3 rings (SSSR count). The van der Waals surface area contributed by atoms with Crippen molar-refractivity contribution in [3.63, 3.8) is 0 Å². The molecule has 1 atom stereocenters. The van der Waals surface area contributed by atoms with Crippen LogP contribution in [0.15, 0.2) is 62.3 Å². The first-order valence-corrected chi connectivity index (χ1v) is 8.73. The van der Waals surface area contributed by atoms with Crippen LogP contribution in [0.5, 0.6) is 5.75 Å². The highest BCUT2D eigenvalue weighted by atomic mass is 79.9. The van der Waals surface area contributed by atoms with Gasteiger partial charge in [0, 0.05) is 14.9 Å². The number of aromatic nitrogens is 2. The summed E-state index contributed by atoms with van der Waals surface area (Å²) in [6, 6.07) is 15.7. The predicted octanol–water partition coefficient (Wildman–Crippen LogP) is 5.36. The number of ether oxygens (including phenoxy) is 1. The van der Waals surface area contributed by atoms with E-state index in [1.54, 1.807) is 18.9 Å². The van der Waals surface area contributed by atoms with Crippen LogP contribution in [-0.4, -0.2) is 17.3 Å². The lowest BCUT2D eigenvalue weighted by Gasteiger charge is -2.06. The van der Waals surface area contributed by atoms with Crippen molar-refractivity contribution >= 4 is 27.7 Å². The van der Waals surface area contributed by atoms with E-state index in [1.807, 2.05) is 36.4 Å². The molecule has 23 heavy (non-hydrogen) atoms. The Hall–Kier alpha value is -1.79. The van der Waals surface area contributed by atoms with Crippen LogP contribution in [0, 0.1) is 0 Å². The van der Waals surface area contributed by atoms with Crippen molar-refractivity contribution < 1.29 is 9.15 Å². The summed E-state index contributed by atoms with van der Waals surface area (Å²) in [5.41, 5.74) is 0.880. The number of methoxy groups -OCH3 is 1. The van der Waals surface area contributed by atoms with Gasteiger partial charge in [0.2, 0.25) is 11.8 Å². The first-order valence-electron chi connectivity index (χ1n) is 7.06. The van der Waals surface area contributed by atoms with E-state index in [0.29, 0.717) is 11.8 Å². The van der Waals surface area contributed by atoms with Gasteiger partial charge in [-0.3, -0.25) is 0 Å². The normalized spacial score (nSPS) is 12.1. The zero-order chi connectivity index (χ0) is 16.2. The van der Waals surface area contributed by atoms with E-state index >= 15 is 0 Å². The van der Waals surface area contributed by atoms with Crippen LogP contribution in [0.2, 0.25) is 0 Å². The molecule has 0 fully saturated rings. The number of nitrogens with zero attached hydrogens (tertiary/aromatic N) is 2. The first kappa shape index (κ1) is 16.1. The molecule has 0 spiro atoms. The quantitative estimate of drug-likeness (QED) is 0.548. The highest BCUT2D eigenvalue weighted by Gasteiger charge is 2.16. The molecule has 0 saturated carbocycles. The second kappa shape index (κ2) is 7.19. The summed E-state index contributed by atoms with van der Waals surface area (Å²) in [6.45, 7) is 2.05. The van der Waals surface area contributed by atoms with Crippen molar-refractivity contribution in [3.05, 3.63) is 58.9 Å². The Morgan fingerprint density at radius 2 is 1.74 bits per heavy atom. The summed E-state index contributed by atoms with van der Waals surface area (Å²) in [4.78, 5) is 1.16. The average Bonchev–Trinajstić information content (AvgIpc) is 3.07. The van der Waals surface area contributed by atoms with Crippen LogP contribution in [0.3, 0.4) is 0 Å². The Kier molecular flexibility index (Phi) is 5.03.